The number of halogens is 4. The third kappa shape index (κ3) is 3.11. The van der Waals surface area contributed by atoms with Gasteiger partial charge >= 0.3 is 11.9 Å². The fraction of sp³-hybridized carbons (Fsp3) is 0.111. The minimum absolute atomic E-state index is 0.0959. The summed E-state index contributed by atoms with van der Waals surface area (Å²) < 4.78 is 59.9. The molecule has 154 valence electrons. The molecule has 0 amide bonds. The maximum atomic E-state index is 14.6. The van der Waals surface area contributed by atoms with Crippen molar-refractivity contribution in [2.45, 2.75) is 6.18 Å². The van der Waals surface area contributed by atoms with E-state index in [9.17, 15) is 27.2 Å². The zero-order chi connectivity index (χ0) is 21.6. The first kappa shape index (κ1) is 19.4. The maximum Gasteiger partial charge on any atom is 0.431 e. The van der Waals surface area contributed by atoms with Crippen molar-refractivity contribution in [3.05, 3.63) is 74.8 Å². The molecular weight excluding hydrogens is 410 g/mol. The topological polar surface area (TPSA) is 94.8 Å². The highest BCUT2D eigenvalue weighted by Gasteiger charge is 2.33. The molecular formula is C18H11F4N5O3. The van der Waals surface area contributed by atoms with Crippen LogP contribution < -0.4 is 16.0 Å². The van der Waals surface area contributed by atoms with Gasteiger partial charge in [0.05, 0.1) is 18.3 Å². The lowest BCUT2D eigenvalue weighted by Gasteiger charge is -2.11. The summed E-state index contributed by atoms with van der Waals surface area (Å²) in [5.41, 5.74) is -4.14. The molecule has 0 aliphatic rings. The molecule has 2 heterocycles. The third-order valence-corrected chi connectivity index (χ3v) is 4.31. The van der Waals surface area contributed by atoms with E-state index in [0.717, 1.165) is 12.1 Å². The van der Waals surface area contributed by atoms with Crippen molar-refractivity contribution in [1.29, 1.82) is 0 Å². The summed E-state index contributed by atoms with van der Waals surface area (Å²) in [5.74, 6) is -0.623. The summed E-state index contributed by atoms with van der Waals surface area (Å²) in [6.45, 7) is 0. The Morgan fingerprint density at radius 3 is 2.47 bits per heavy atom. The number of nitrogens with zero attached hydrogens (tertiary/aromatic N) is 4. The number of fused-ring (bicyclic) bond motifs is 1. The Morgan fingerprint density at radius 1 is 1.07 bits per heavy atom. The Labute approximate surface area is 164 Å². The van der Waals surface area contributed by atoms with Crippen molar-refractivity contribution in [3.8, 4) is 17.1 Å². The van der Waals surface area contributed by atoms with Crippen molar-refractivity contribution in [2.24, 2.45) is 0 Å². The van der Waals surface area contributed by atoms with Crippen LogP contribution in [0.4, 0.5) is 17.6 Å². The summed E-state index contributed by atoms with van der Waals surface area (Å²) in [6.07, 6.45) is -4.94. The van der Waals surface area contributed by atoms with Crippen molar-refractivity contribution in [3.63, 3.8) is 0 Å². The van der Waals surface area contributed by atoms with Crippen LogP contribution in [0.2, 0.25) is 0 Å². The highest BCUT2D eigenvalue weighted by Crippen LogP contribution is 2.28. The van der Waals surface area contributed by atoms with Crippen LogP contribution in [0, 0.1) is 5.82 Å². The predicted octanol–water partition coefficient (Wildman–Crippen LogP) is 2.43. The number of para-hydroxylation sites is 2. The molecule has 2 aromatic heterocycles. The SMILES string of the molecule is COc1ccccc1-n1nnc2cc(F)c(-n3c(=O)cc(C(F)(F)F)[nH]c3=O)cc21. The number of nitrogens with one attached hydrogen (secondary N) is 1. The fourth-order valence-corrected chi connectivity index (χ4v) is 2.96. The summed E-state index contributed by atoms with van der Waals surface area (Å²) in [6, 6.07) is 8.91. The fourth-order valence-electron chi connectivity index (χ4n) is 2.96. The number of H-pyrrole nitrogens is 1. The number of methoxy groups -OCH3 is 1. The minimum Gasteiger partial charge on any atom is -0.494 e. The van der Waals surface area contributed by atoms with E-state index in [1.165, 1.54) is 11.8 Å². The second kappa shape index (κ2) is 6.83. The van der Waals surface area contributed by atoms with E-state index < -0.39 is 34.6 Å². The van der Waals surface area contributed by atoms with Crippen molar-refractivity contribution in [2.75, 3.05) is 7.11 Å². The average Bonchev–Trinajstić information content (AvgIpc) is 3.09. The molecule has 0 spiro atoms. The van der Waals surface area contributed by atoms with Crippen molar-refractivity contribution >= 4 is 11.0 Å². The molecule has 0 radical (unpaired) electrons. The number of alkyl halides is 3. The average molecular weight is 421 g/mol. The van der Waals surface area contributed by atoms with Gasteiger partial charge in [-0.3, -0.25) is 4.79 Å². The van der Waals surface area contributed by atoms with Crippen LogP contribution in [0.1, 0.15) is 5.69 Å². The molecule has 2 aromatic carbocycles. The van der Waals surface area contributed by atoms with Gasteiger partial charge in [0, 0.05) is 12.1 Å². The Morgan fingerprint density at radius 2 is 1.80 bits per heavy atom. The Hall–Kier alpha value is -3.96. The molecule has 0 unspecified atom stereocenters. The zero-order valence-corrected chi connectivity index (χ0v) is 15.1. The number of aromatic amines is 1. The minimum atomic E-state index is -4.94. The molecule has 4 rings (SSSR count). The van der Waals surface area contributed by atoms with E-state index in [-0.39, 0.29) is 21.7 Å². The van der Waals surface area contributed by atoms with E-state index in [2.05, 4.69) is 10.3 Å². The molecule has 0 bridgehead atoms. The van der Waals surface area contributed by atoms with Gasteiger partial charge in [0.2, 0.25) is 0 Å². The maximum absolute atomic E-state index is 14.6. The van der Waals surface area contributed by atoms with Crippen LogP contribution in [-0.2, 0) is 6.18 Å². The molecule has 0 saturated carbocycles. The lowest BCUT2D eigenvalue weighted by atomic mass is 10.2. The van der Waals surface area contributed by atoms with Crippen LogP contribution in [0.25, 0.3) is 22.4 Å². The molecule has 0 saturated heterocycles. The summed E-state index contributed by atoms with van der Waals surface area (Å²) in [5, 5.41) is 7.79. The number of aromatic nitrogens is 5. The smallest absolute Gasteiger partial charge is 0.431 e. The van der Waals surface area contributed by atoms with Crippen molar-refractivity contribution < 1.29 is 22.3 Å². The number of ether oxygens (including phenoxy) is 1. The lowest BCUT2D eigenvalue weighted by Crippen LogP contribution is -2.36. The first-order valence-corrected chi connectivity index (χ1v) is 8.33. The molecule has 12 heteroatoms. The zero-order valence-electron chi connectivity index (χ0n) is 15.1. The highest BCUT2D eigenvalue weighted by molar-refractivity contribution is 5.79. The van der Waals surface area contributed by atoms with Gasteiger partial charge in [-0.05, 0) is 18.2 Å². The Bertz CT molecular complexity index is 1360. The Balaban J connectivity index is 1.97. The molecule has 4 aromatic rings. The van der Waals surface area contributed by atoms with Gasteiger partial charge < -0.3 is 9.72 Å². The standard InChI is InChI=1S/C18H11F4N5O3/c1-30-14-5-3-2-4-11(14)27-13-7-12(9(19)6-10(13)24-25-27)26-16(28)8-15(18(20,21)22)23-17(26)29/h2-8H,1H3,(H,23,29). The van der Waals surface area contributed by atoms with Crippen LogP contribution in [-0.4, -0.2) is 31.7 Å². The van der Waals surface area contributed by atoms with Crippen LogP contribution >= 0.6 is 0 Å². The van der Waals surface area contributed by atoms with Gasteiger partial charge in [-0.25, -0.2) is 18.4 Å². The largest absolute Gasteiger partial charge is 0.494 e. The second-order valence-electron chi connectivity index (χ2n) is 6.13. The number of hydrogen-bond donors (Lipinski definition) is 1. The molecule has 1 N–H and O–H groups in total. The summed E-state index contributed by atoms with van der Waals surface area (Å²) in [4.78, 5) is 25.9. The van der Waals surface area contributed by atoms with Crippen LogP contribution in [0.3, 0.4) is 0 Å². The van der Waals surface area contributed by atoms with Gasteiger partial charge in [-0.2, -0.15) is 13.2 Å². The lowest BCUT2D eigenvalue weighted by molar-refractivity contribution is -0.141. The Kier molecular flexibility index (Phi) is 4.41. The summed E-state index contributed by atoms with van der Waals surface area (Å²) >= 11 is 0. The van der Waals surface area contributed by atoms with E-state index >= 15 is 0 Å². The van der Waals surface area contributed by atoms with Gasteiger partial charge in [0.25, 0.3) is 5.56 Å². The summed E-state index contributed by atoms with van der Waals surface area (Å²) in [7, 11) is 1.43. The quantitative estimate of drug-likeness (QED) is 0.513. The molecule has 0 aliphatic heterocycles. The third-order valence-electron chi connectivity index (χ3n) is 4.31. The molecule has 0 fully saturated rings. The van der Waals surface area contributed by atoms with E-state index in [4.69, 9.17) is 4.74 Å². The molecule has 0 aliphatic carbocycles. The number of hydrogen-bond acceptors (Lipinski definition) is 5. The van der Waals surface area contributed by atoms with E-state index in [1.807, 2.05) is 0 Å². The monoisotopic (exact) mass is 421 g/mol. The van der Waals surface area contributed by atoms with Gasteiger partial charge in [0.1, 0.15) is 28.5 Å². The van der Waals surface area contributed by atoms with Gasteiger partial charge in [0.15, 0.2) is 0 Å². The normalized spacial score (nSPS) is 11.8. The van der Waals surface area contributed by atoms with Crippen LogP contribution in [0.15, 0.2) is 52.1 Å². The molecule has 30 heavy (non-hydrogen) atoms. The number of benzene rings is 2. The van der Waals surface area contributed by atoms with E-state index in [0.29, 0.717) is 11.4 Å². The predicted molar refractivity (Wildman–Crippen MR) is 96.6 cm³/mol. The second-order valence-corrected chi connectivity index (χ2v) is 6.13. The first-order valence-electron chi connectivity index (χ1n) is 8.33. The highest BCUT2D eigenvalue weighted by atomic mass is 19.4. The number of rotatable bonds is 3. The van der Waals surface area contributed by atoms with Crippen molar-refractivity contribution in [1.82, 2.24) is 24.5 Å². The van der Waals surface area contributed by atoms with Gasteiger partial charge in [-0.1, -0.05) is 17.3 Å². The molecule has 0 atom stereocenters. The first-order chi connectivity index (χ1) is 14.2. The molecule has 8 nitrogen and oxygen atoms in total. The van der Waals surface area contributed by atoms with Gasteiger partial charge in [-0.15, -0.1) is 5.10 Å². The van der Waals surface area contributed by atoms with Crippen LogP contribution in [0.5, 0.6) is 5.75 Å². The van der Waals surface area contributed by atoms with E-state index in [1.54, 1.807) is 29.2 Å².